The van der Waals surface area contributed by atoms with Gasteiger partial charge in [0.2, 0.25) is 0 Å². The Morgan fingerprint density at radius 2 is 1.71 bits per heavy atom. The number of epoxide rings is 2. The highest BCUT2D eigenvalue weighted by Crippen LogP contribution is 2.55. The Hall–Kier alpha value is -3.81. The predicted molar refractivity (Wildman–Crippen MR) is 140 cm³/mol. The van der Waals surface area contributed by atoms with Crippen molar-refractivity contribution in [1.82, 2.24) is 0 Å². The molecular formula is C29H34O13. The third kappa shape index (κ3) is 6.48. The second-order valence-electron chi connectivity index (χ2n) is 10.6. The molecule has 0 radical (unpaired) electrons. The maximum absolute atomic E-state index is 13.2. The topological polar surface area (TPSA) is 177 Å². The van der Waals surface area contributed by atoms with Gasteiger partial charge in [-0.1, -0.05) is 6.08 Å². The van der Waals surface area contributed by atoms with Crippen LogP contribution in [0, 0.1) is 0 Å². The summed E-state index contributed by atoms with van der Waals surface area (Å²) in [6, 6.07) is 0. The Bertz CT molecular complexity index is 1300. The highest BCUT2D eigenvalue weighted by atomic mass is 16.7. The zero-order valence-electron chi connectivity index (χ0n) is 24.2. The lowest BCUT2D eigenvalue weighted by molar-refractivity contribution is -0.160. The van der Waals surface area contributed by atoms with Crippen molar-refractivity contribution in [3.05, 3.63) is 46.1 Å². The second-order valence-corrected chi connectivity index (χ2v) is 10.6. The minimum absolute atomic E-state index is 0.0887. The van der Waals surface area contributed by atoms with Crippen molar-refractivity contribution in [1.29, 1.82) is 0 Å². The first-order valence-corrected chi connectivity index (χ1v) is 13.4. The van der Waals surface area contributed by atoms with Crippen molar-refractivity contribution in [2.45, 2.75) is 83.8 Å². The number of aliphatic hydroxyl groups is 1. The summed E-state index contributed by atoms with van der Waals surface area (Å²) in [6.45, 7) is 7.48. The van der Waals surface area contributed by atoms with Crippen LogP contribution in [-0.4, -0.2) is 97.0 Å². The van der Waals surface area contributed by atoms with Crippen LogP contribution in [0.15, 0.2) is 46.1 Å². The van der Waals surface area contributed by atoms with Gasteiger partial charge in [-0.05, 0) is 39.3 Å². The van der Waals surface area contributed by atoms with E-state index >= 15 is 0 Å². The van der Waals surface area contributed by atoms with E-state index in [4.69, 9.17) is 33.2 Å². The first-order valence-electron chi connectivity index (χ1n) is 13.4. The van der Waals surface area contributed by atoms with Crippen LogP contribution in [0.1, 0.15) is 41.5 Å². The number of fused-ring (bicyclic) bond motifs is 5. The molecular weight excluding hydrogens is 556 g/mol. The molecule has 13 heteroatoms. The molecule has 7 unspecified atom stereocenters. The Morgan fingerprint density at radius 3 is 2.33 bits per heavy atom. The number of esters is 5. The molecule has 0 spiro atoms. The Labute approximate surface area is 242 Å². The van der Waals surface area contributed by atoms with Crippen molar-refractivity contribution in [3.63, 3.8) is 0 Å². The molecule has 2 fully saturated rings. The van der Waals surface area contributed by atoms with Gasteiger partial charge < -0.3 is 38.3 Å². The standard InChI is InChI=1S/C29H34O13/c1-7-14(3)27(34)40-23-21-18(12-36-15(4)31)28(35)41-24(21)26-29(6,42-26)25-19(39-25)9-17(22(23)38-16(5)32)11-37-20(33)8-13(2)10-30/h7-9,19,22-26,30H,10-12H2,1-6H3/b13-8+,14-7-,17-9-. The van der Waals surface area contributed by atoms with Gasteiger partial charge in [0.1, 0.15) is 37.1 Å². The summed E-state index contributed by atoms with van der Waals surface area (Å²) in [5.74, 6) is -3.83. The number of ether oxygens (including phenoxy) is 7. The molecule has 0 aromatic carbocycles. The van der Waals surface area contributed by atoms with E-state index in [2.05, 4.69) is 0 Å². The van der Waals surface area contributed by atoms with Gasteiger partial charge in [-0.25, -0.2) is 14.4 Å². The molecule has 0 aromatic heterocycles. The van der Waals surface area contributed by atoms with E-state index in [9.17, 15) is 29.1 Å². The molecule has 13 nitrogen and oxygen atoms in total. The van der Waals surface area contributed by atoms with Crippen LogP contribution in [0.25, 0.3) is 0 Å². The van der Waals surface area contributed by atoms with Crippen molar-refractivity contribution in [3.8, 4) is 0 Å². The molecule has 3 aliphatic heterocycles. The van der Waals surface area contributed by atoms with Gasteiger partial charge in [0, 0.05) is 36.6 Å². The average molecular weight is 591 g/mol. The van der Waals surface area contributed by atoms with Crippen LogP contribution in [-0.2, 0) is 57.1 Å². The maximum atomic E-state index is 13.2. The molecule has 0 bridgehead atoms. The van der Waals surface area contributed by atoms with E-state index in [0.29, 0.717) is 5.57 Å². The van der Waals surface area contributed by atoms with Crippen LogP contribution in [0.2, 0.25) is 0 Å². The quantitative estimate of drug-likeness (QED) is 0.132. The smallest absolute Gasteiger partial charge is 0.338 e. The molecule has 1 N–H and O–H groups in total. The van der Waals surface area contributed by atoms with Crippen molar-refractivity contribution in [2.75, 3.05) is 19.8 Å². The van der Waals surface area contributed by atoms with Crippen LogP contribution < -0.4 is 0 Å². The Balaban J connectivity index is 1.87. The van der Waals surface area contributed by atoms with Crippen molar-refractivity contribution in [2.24, 2.45) is 0 Å². The Morgan fingerprint density at radius 1 is 1.00 bits per heavy atom. The molecule has 2 saturated heterocycles. The van der Waals surface area contributed by atoms with E-state index in [0.717, 1.165) is 13.0 Å². The molecule has 4 rings (SSSR count). The number of carbonyl (C=O) groups is 5. The lowest BCUT2D eigenvalue weighted by atomic mass is 9.85. The fourth-order valence-corrected chi connectivity index (χ4v) is 4.96. The number of carbonyl (C=O) groups excluding carboxylic acids is 5. The van der Waals surface area contributed by atoms with Gasteiger partial charge in [0.15, 0.2) is 18.3 Å². The third-order valence-corrected chi connectivity index (χ3v) is 7.41. The molecule has 0 aromatic rings. The Kier molecular flexibility index (Phi) is 9.04. The van der Waals surface area contributed by atoms with Crippen LogP contribution in [0.5, 0.6) is 0 Å². The molecule has 1 aliphatic carbocycles. The average Bonchev–Trinajstić information content (AvgIpc) is 3.82. The highest BCUT2D eigenvalue weighted by molar-refractivity contribution is 5.94. The molecule has 3 heterocycles. The summed E-state index contributed by atoms with van der Waals surface area (Å²) in [5, 5.41) is 9.25. The van der Waals surface area contributed by atoms with Gasteiger partial charge in [-0.2, -0.15) is 0 Å². The zero-order chi connectivity index (χ0) is 30.9. The number of allylic oxidation sites excluding steroid dienone is 1. The van der Waals surface area contributed by atoms with Crippen molar-refractivity contribution >= 4 is 29.8 Å². The largest absolute Gasteiger partial charge is 0.461 e. The summed E-state index contributed by atoms with van der Waals surface area (Å²) in [7, 11) is 0. The maximum Gasteiger partial charge on any atom is 0.338 e. The SMILES string of the molecule is C/C=C(/C)C(=O)OC1C2=C(COC(C)=O)C(=O)OC2C2OC2(C)C2OC2/C=C(/COC(=O)/C=C(\C)CO)C1OC(C)=O. The number of hydrogen-bond acceptors (Lipinski definition) is 13. The normalized spacial score (nSPS) is 33.1. The number of hydrogen-bond donors (Lipinski definition) is 1. The van der Waals surface area contributed by atoms with E-state index in [1.54, 1.807) is 19.9 Å². The minimum atomic E-state index is -1.48. The number of rotatable bonds is 9. The minimum Gasteiger partial charge on any atom is -0.461 e. The zero-order valence-corrected chi connectivity index (χ0v) is 24.2. The molecule has 228 valence electrons. The lowest BCUT2D eigenvalue weighted by Crippen LogP contribution is -2.44. The monoisotopic (exact) mass is 590 g/mol. The summed E-state index contributed by atoms with van der Waals surface area (Å²) in [5.41, 5.74) is -0.141. The van der Waals surface area contributed by atoms with E-state index < -0.39 is 85.3 Å². The highest BCUT2D eigenvalue weighted by Gasteiger charge is 2.72. The van der Waals surface area contributed by atoms with Crippen LogP contribution in [0.3, 0.4) is 0 Å². The van der Waals surface area contributed by atoms with Gasteiger partial charge >= 0.3 is 29.8 Å². The summed E-state index contributed by atoms with van der Waals surface area (Å²) in [6.07, 6.45) is -1.49. The molecule has 7 atom stereocenters. The molecule has 0 saturated carbocycles. The fourth-order valence-electron chi connectivity index (χ4n) is 4.96. The summed E-state index contributed by atoms with van der Waals surface area (Å²) in [4.78, 5) is 62.9. The molecule has 4 aliphatic rings. The lowest BCUT2D eigenvalue weighted by Gasteiger charge is -2.32. The van der Waals surface area contributed by atoms with Crippen LogP contribution >= 0.6 is 0 Å². The number of aliphatic hydroxyl groups excluding tert-OH is 1. The van der Waals surface area contributed by atoms with Gasteiger partial charge in [-0.15, -0.1) is 0 Å². The summed E-state index contributed by atoms with van der Waals surface area (Å²) < 4.78 is 39.7. The van der Waals surface area contributed by atoms with Gasteiger partial charge in [-0.3, -0.25) is 9.59 Å². The van der Waals surface area contributed by atoms with E-state index in [-0.39, 0.29) is 28.9 Å². The summed E-state index contributed by atoms with van der Waals surface area (Å²) >= 11 is 0. The van der Waals surface area contributed by atoms with Gasteiger partial charge in [0.25, 0.3) is 0 Å². The molecule has 42 heavy (non-hydrogen) atoms. The first kappa shape index (κ1) is 31.1. The molecule has 0 amide bonds. The van der Waals surface area contributed by atoms with Gasteiger partial charge in [0.05, 0.1) is 12.2 Å². The first-order chi connectivity index (χ1) is 19.8. The van der Waals surface area contributed by atoms with E-state index in [1.165, 1.54) is 26.8 Å². The van der Waals surface area contributed by atoms with Crippen molar-refractivity contribution < 1.29 is 62.2 Å². The third-order valence-electron chi connectivity index (χ3n) is 7.41. The van der Waals surface area contributed by atoms with E-state index in [1.807, 2.05) is 0 Å². The van der Waals surface area contributed by atoms with Crippen LogP contribution in [0.4, 0.5) is 0 Å². The fraction of sp³-hybridized carbons (Fsp3) is 0.552. The predicted octanol–water partition coefficient (Wildman–Crippen LogP) is 0.928. The second kappa shape index (κ2) is 12.2.